The van der Waals surface area contributed by atoms with E-state index in [0.29, 0.717) is 61.1 Å². The van der Waals surface area contributed by atoms with Crippen LogP contribution in [0.25, 0.3) is 5.95 Å². The molecule has 220 valence electrons. The van der Waals surface area contributed by atoms with Crippen LogP contribution in [-0.4, -0.2) is 81.9 Å². The summed E-state index contributed by atoms with van der Waals surface area (Å²) in [4.78, 5) is 44.2. The number of nitrogens with zero attached hydrogens (tertiary/aromatic N) is 6. The van der Waals surface area contributed by atoms with Crippen molar-refractivity contribution in [2.45, 2.75) is 19.0 Å². The van der Waals surface area contributed by atoms with Gasteiger partial charge in [-0.15, -0.1) is 0 Å². The third-order valence-electron chi connectivity index (χ3n) is 7.58. The number of aromatic nitrogens is 4. The van der Waals surface area contributed by atoms with Gasteiger partial charge in [0.05, 0.1) is 6.42 Å². The Balaban J connectivity index is 1.11. The Labute approximate surface area is 247 Å². The highest BCUT2D eigenvalue weighted by molar-refractivity contribution is 5.89. The average molecular weight is 584 g/mol. The quantitative estimate of drug-likeness (QED) is 0.343. The van der Waals surface area contributed by atoms with Crippen molar-refractivity contribution in [1.82, 2.24) is 29.7 Å². The van der Waals surface area contributed by atoms with E-state index in [2.05, 4.69) is 15.3 Å². The number of anilines is 1. The van der Waals surface area contributed by atoms with E-state index >= 15 is 0 Å². The van der Waals surface area contributed by atoms with Gasteiger partial charge < -0.3 is 34.1 Å². The Morgan fingerprint density at radius 3 is 2.77 bits per heavy atom. The summed E-state index contributed by atoms with van der Waals surface area (Å²) in [5, 5.41) is 3.03. The maximum absolute atomic E-state index is 13.8. The number of carbonyl (C=O) groups is 2. The maximum Gasteiger partial charge on any atom is 0.244 e. The Morgan fingerprint density at radius 2 is 1.86 bits per heavy atom. The Bertz CT molecular complexity index is 1650. The topological polar surface area (TPSA) is 133 Å². The third kappa shape index (κ3) is 5.48. The van der Waals surface area contributed by atoms with Gasteiger partial charge in [0.25, 0.3) is 0 Å². The van der Waals surface area contributed by atoms with Crippen molar-refractivity contribution >= 4 is 17.6 Å². The van der Waals surface area contributed by atoms with Gasteiger partial charge in [0.2, 0.25) is 24.6 Å². The molecule has 5 heterocycles. The van der Waals surface area contributed by atoms with Gasteiger partial charge in [0, 0.05) is 50.3 Å². The van der Waals surface area contributed by atoms with Crippen LogP contribution < -0.4 is 29.2 Å². The second-order valence-corrected chi connectivity index (χ2v) is 10.3. The van der Waals surface area contributed by atoms with Crippen molar-refractivity contribution in [1.29, 1.82) is 0 Å². The fourth-order valence-electron chi connectivity index (χ4n) is 5.43. The minimum Gasteiger partial charge on any atom is -0.486 e. The van der Waals surface area contributed by atoms with E-state index in [1.54, 1.807) is 46.5 Å². The molecule has 2 aromatic carbocycles. The molecular formula is C30H29N7O6. The largest absolute Gasteiger partial charge is 0.486 e. The maximum atomic E-state index is 13.8. The highest BCUT2D eigenvalue weighted by Gasteiger charge is 2.36. The lowest BCUT2D eigenvalue weighted by Gasteiger charge is -2.41. The van der Waals surface area contributed by atoms with Crippen molar-refractivity contribution in [2.75, 3.05) is 44.5 Å². The SMILES string of the molecule is O=C(NCc1cccc2c1OCCO2)C1CN(c2ccnc(-n3ccnc3)n2)CCN1C(=O)Cc1ccc2c(c1)OCO2. The molecule has 0 spiro atoms. The molecule has 3 aliphatic heterocycles. The molecule has 2 aromatic heterocycles. The minimum absolute atomic E-state index is 0.121. The Hall–Kier alpha value is -5.33. The van der Waals surface area contributed by atoms with Gasteiger partial charge in [0.15, 0.2) is 23.0 Å². The van der Waals surface area contributed by atoms with Crippen molar-refractivity contribution in [3.63, 3.8) is 0 Å². The number of piperazine rings is 1. The number of amides is 2. The summed E-state index contributed by atoms with van der Waals surface area (Å²) in [5.41, 5.74) is 1.59. The van der Waals surface area contributed by atoms with Crippen molar-refractivity contribution < 1.29 is 28.5 Å². The van der Waals surface area contributed by atoms with Gasteiger partial charge in [0.1, 0.15) is 31.4 Å². The fraction of sp³-hybridized carbons (Fsp3) is 0.300. The van der Waals surface area contributed by atoms with Crippen LogP contribution in [0.15, 0.2) is 67.4 Å². The first-order chi connectivity index (χ1) is 21.1. The minimum atomic E-state index is -0.765. The normalized spacial score (nSPS) is 17.1. The molecule has 7 rings (SSSR count). The molecule has 13 heteroatoms. The number of fused-ring (bicyclic) bond motifs is 2. The van der Waals surface area contributed by atoms with E-state index in [1.807, 2.05) is 35.2 Å². The molecule has 43 heavy (non-hydrogen) atoms. The van der Waals surface area contributed by atoms with Crippen LogP contribution in [0.3, 0.4) is 0 Å². The zero-order valence-corrected chi connectivity index (χ0v) is 23.2. The zero-order chi connectivity index (χ0) is 29.2. The first kappa shape index (κ1) is 26.6. The molecule has 3 aliphatic rings. The predicted molar refractivity (Wildman–Crippen MR) is 152 cm³/mol. The number of rotatable bonds is 7. The van der Waals surface area contributed by atoms with Gasteiger partial charge in [-0.1, -0.05) is 18.2 Å². The molecule has 0 bridgehead atoms. The van der Waals surface area contributed by atoms with Crippen molar-refractivity contribution in [2.24, 2.45) is 0 Å². The van der Waals surface area contributed by atoms with E-state index in [1.165, 1.54) is 0 Å². The average Bonchev–Trinajstić information content (AvgIpc) is 3.76. The molecule has 1 fully saturated rings. The number of para-hydroxylation sites is 1. The smallest absolute Gasteiger partial charge is 0.244 e. The molecule has 0 saturated carbocycles. The molecule has 0 aliphatic carbocycles. The summed E-state index contributed by atoms with van der Waals surface area (Å²) in [5.74, 6) is 3.23. The van der Waals surface area contributed by atoms with E-state index in [9.17, 15) is 9.59 Å². The summed E-state index contributed by atoms with van der Waals surface area (Å²) in [6.45, 7) is 2.39. The molecule has 1 N–H and O–H groups in total. The van der Waals surface area contributed by atoms with E-state index < -0.39 is 6.04 Å². The Morgan fingerprint density at radius 1 is 0.953 bits per heavy atom. The van der Waals surface area contributed by atoms with Crippen molar-refractivity contribution in [3.05, 3.63) is 78.5 Å². The first-order valence-corrected chi connectivity index (χ1v) is 14.0. The molecule has 0 radical (unpaired) electrons. The number of ether oxygens (including phenoxy) is 4. The van der Waals surface area contributed by atoms with Gasteiger partial charge >= 0.3 is 0 Å². The van der Waals surface area contributed by atoms with E-state index in [-0.39, 0.29) is 38.1 Å². The zero-order valence-electron chi connectivity index (χ0n) is 23.2. The number of hydrogen-bond donors (Lipinski definition) is 1. The summed E-state index contributed by atoms with van der Waals surface area (Å²) in [6.07, 6.45) is 6.83. The van der Waals surface area contributed by atoms with Gasteiger partial charge in [-0.2, -0.15) is 4.98 Å². The van der Waals surface area contributed by atoms with Crippen LogP contribution in [0.1, 0.15) is 11.1 Å². The van der Waals surface area contributed by atoms with Crippen LogP contribution >= 0.6 is 0 Å². The lowest BCUT2D eigenvalue weighted by Crippen LogP contribution is -2.61. The van der Waals surface area contributed by atoms with Gasteiger partial charge in [-0.3, -0.25) is 14.2 Å². The van der Waals surface area contributed by atoms with Crippen LogP contribution in [0, 0.1) is 0 Å². The van der Waals surface area contributed by atoms with Crippen LogP contribution in [0.2, 0.25) is 0 Å². The first-order valence-electron chi connectivity index (χ1n) is 14.0. The molecule has 1 atom stereocenters. The second-order valence-electron chi connectivity index (χ2n) is 10.3. The highest BCUT2D eigenvalue weighted by Crippen LogP contribution is 2.34. The molecule has 4 aromatic rings. The van der Waals surface area contributed by atoms with Crippen molar-refractivity contribution in [3.8, 4) is 28.9 Å². The van der Waals surface area contributed by atoms with E-state index in [4.69, 9.17) is 23.9 Å². The van der Waals surface area contributed by atoms with Gasteiger partial charge in [-0.25, -0.2) is 9.97 Å². The predicted octanol–water partition coefficient (Wildman–Crippen LogP) is 1.74. The molecule has 1 unspecified atom stereocenters. The number of benzene rings is 2. The molecular weight excluding hydrogens is 554 g/mol. The molecule has 2 amide bonds. The fourth-order valence-corrected chi connectivity index (χ4v) is 5.43. The van der Waals surface area contributed by atoms with E-state index in [0.717, 1.165) is 11.1 Å². The number of imidazole rings is 1. The lowest BCUT2D eigenvalue weighted by molar-refractivity contribution is -0.140. The monoisotopic (exact) mass is 583 g/mol. The summed E-state index contributed by atoms with van der Waals surface area (Å²) in [6, 6.07) is 12.1. The summed E-state index contributed by atoms with van der Waals surface area (Å²) in [7, 11) is 0. The summed E-state index contributed by atoms with van der Waals surface area (Å²) >= 11 is 0. The van der Waals surface area contributed by atoms with Gasteiger partial charge in [-0.05, 0) is 29.8 Å². The lowest BCUT2D eigenvalue weighted by atomic mass is 10.1. The number of carbonyl (C=O) groups excluding carboxylic acids is 2. The van der Waals surface area contributed by atoms with Crippen LogP contribution in [0.4, 0.5) is 5.82 Å². The van der Waals surface area contributed by atoms with Crippen LogP contribution in [0.5, 0.6) is 23.0 Å². The number of nitrogens with one attached hydrogen (secondary N) is 1. The number of hydrogen-bond acceptors (Lipinski definition) is 10. The Kier molecular flexibility index (Phi) is 7.11. The molecule has 1 saturated heterocycles. The highest BCUT2D eigenvalue weighted by atomic mass is 16.7. The standard InChI is InChI=1S/C30H29N7O6/c38-27(15-20-4-5-23-25(14-20)43-19-42-23)37-11-10-35(26-6-7-32-30(34-26)36-9-8-31-18-36)17-22(37)29(39)33-16-21-2-1-3-24-28(21)41-13-12-40-24/h1-9,14,18,22H,10-13,15-17,19H2,(H,33,39). The molecule has 13 nitrogen and oxygen atoms in total. The van der Waals surface area contributed by atoms with Crippen LogP contribution in [-0.2, 0) is 22.6 Å². The second kappa shape index (κ2) is 11.5. The summed E-state index contributed by atoms with van der Waals surface area (Å²) < 4.78 is 24.1. The third-order valence-corrected chi connectivity index (χ3v) is 7.58.